The van der Waals surface area contributed by atoms with E-state index in [0.717, 1.165) is 0 Å². The Kier molecular flexibility index (Phi) is 2.15. The van der Waals surface area contributed by atoms with E-state index in [9.17, 15) is 15.0 Å². The average Bonchev–Trinajstić information content (AvgIpc) is 2.22. The molecule has 0 radical (unpaired) electrons. The Morgan fingerprint density at radius 3 is 2.31 bits per heavy atom. The molecule has 84 valence electrons. The molecular formula is C12H12O4. The van der Waals surface area contributed by atoms with E-state index in [2.05, 4.69) is 0 Å². The molecular weight excluding hydrogens is 208 g/mol. The lowest BCUT2D eigenvalue weighted by molar-refractivity contribution is 0.440. The standard InChI is InChI=1S/C12H12O4/c1-5-4-8-6(2)10(13)7(3)11(14)9(8)12(15)16-5/h4,13-14H,1-3H3. The summed E-state index contributed by atoms with van der Waals surface area (Å²) in [5.74, 6) is 0.241. The summed E-state index contributed by atoms with van der Waals surface area (Å²) in [5, 5.41) is 20.2. The summed E-state index contributed by atoms with van der Waals surface area (Å²) in [4.78, 5) is 11.6. The summed E-state index contributed by atoms with van der Waals surface area (Å²) < 4.78 is 4.92. The molecule has 1 aromatic heterocycles. The molecule has 0 aliphatic heterocycles. The van der Waals surface area contributed by atoms with Gasteiger partial charge in [-0.05, 0) is 32.4 Å². The smallest absolute Gasteiger partial charge is 0.347 e. The molecule has 0 unspecified atom stereocenters. The summed E-state index contributed by atoms with van der Waals surface area (Å²) >= 11 is 0. The van der Waals surface area contributed by atoms with Crippen LogP contribution in [0, 0.1) is 20.8 Å². The predicted molar refractivity (Wildman–Crippen MR) is 60.0 cm³/mol. The van der Waals surface area contributed by atoms with Crippen molar-refractivity contribution < 1.29 is 14.6 Å². The van der Waals surface area contributed by atoms with Crippen molar-refractivity contribution in [3.63, 3.8) is 0 Å². The molecule has 0 spiro atoms. The van der Waals surface area contributed by atoms with E-state index in [1.165, 1.54) is 0 Å². The number of rotatable bonds is 0. The number of fused-ring (bicyclic) bond motifs is 1. The van der Waals surface area contributed by atoms with Crippen LogP contribution in [0.25, 0.3) is 10.8 Å². The van der Waals surface area contributed by atoms with Gasteiger partial charge in [-0.25, -0.2) is 4.79 Å². The van der Waals surface area contributed by atoms with Gasteiger partial charge in [-0.1, -0.05) is 0 Å². The zero-order valence-corrected chi connectivity index (χ0v) is 9.29. The van der Waals surface area contributed by atoms with E-state index >= 15 is 0 Å². The lowest BCUT2D eigenvalue weighted by Crippen LogP contribution is -2.02. The highest BCUT2D eigenvalue weighted by atomic mass is 16.4. The fourth-order valence-electron chi connectivity index (χ4n) is 1.84. The zero-order chi connectivity index (χ0) is 12.0. The van der Waals surface area contributed by atoms with Crippen LogP contribution in [-0.2, 0) is 0 Å². The molecule has 2 N–H and O–H groups in total. The molecule has 0 fully saturated rings. The summed E-state index contributed by atoms with van der Waals surface area (Å²) in [6.07, 6.45) is 0. The van der Waals surface area contributed by atoms with Crippen LogP contribution in [0.15, 0.2) is 15.3 Å². The van der Waals surface area contributed by atoms with Crippen molar-refractivity contribution in [2.45, 2.75) is 20.8 Å². The third kappa shape index (κ3) is 1.26. The van der Waals surface area contributed by atoms with E-state index in [0.29, 0.717) is 22.3 Å². The van der Waals surface area contributed by atoms with Gasteiger partial charge in [-0.15, -0.1) is 0 Å². The van der Waals surface area contributed by atoms with Crippen LogP contribution in [0.3, 0.4) is 0 Å². The van der Waals surface area contributed by atoms with Gasteiger partial charge in [-0.3, -0.25) is 0 Å². The number of hydrogen-bond acceptors (Lipinski definition) is 4. The lowest BCUT2D eigenvalue weighted by Gasteiger charge is -2.10. The van der Waals surface area contributed by atoms with Gasteiger partial charge in [0, 0.05) is 10.9 Å². The molecule has 16 heavy (non-hydrogen) atoms. The van der Waals surface area contributed by atoms with E-state index in [4.69, 9.17) is 4.42 Å². The maximum absolute atomic E-state index is 11.6. The first-order valence-corrected chi connectivity index (χ1v) is 4.89. The van der Waals surface area contributed by atoms with Gasteiger partial charge in [-0.2, -0.15) is 0 Å². The fraction of sp³-hybridized carbons (Fsp3) is 0.250. The molecule has 0 saturated heterocycles. The van der Waals surface area contributed by atoms with Crippen molar-refractivity contribution in [3.05, 3.63) is 33.4 Å². The Morgan fingerprint density at radius 2 is 1.69 bits per heavy atom. The number of hydrogen-bond donors (Lipinski definition) is 2. The Balaban J connectivity index is 3.15. The van der Waals surface area contributed by atoms with Gasteiger partial charge in [0.05, 0.1) is 0 Å². The highest BCUT2D eigenvalue weighted by Crippen LogP contribution is 2.37. The molecule has 4 heteroatoms. The Bertz CT molecular complexity index is 638. The minimum atomic E-state index is -0.585. The van der Waals surface area contributed by atoms with Crippen LogP contribution in [0.2, 0.25) is 0 Å². The summed E-state index contributed by atoms with van der Waals surface area (Å²) in [6, 6.07) is 1.63. The topological polar surface area (TPSA) is 70.7 Å². The lowest BCUT2D eigenvalue weighted by atomic mass is 10.0. The van der Waals surface area contributed by atoms with Gasteiger partial charge >= 0.3 is 5.63 Å². The summed E-state index contributed by atoms with van der Waals surface area (Å²) in [6.45, 7) is 4.90. The highest BCUT2D eigenvalue weighted by molar-refractivity contribution is 5.93. The van der Waals surface area contributed by atoms with Gasteiger partial charge in [0.15, 0.2) is 0 Å². The molecule has 2 rings (SSSR count). The fourth-order valence-corrected chi connectivity index (χ4v) is 1.84. The number of phenols is 2. The predicted octanol–water partition coefficient (Wildman–Crippen LogP) is 2.13. The zero-order valence-electron chi connectivity index (χ0n) is 9.29. The van der Waals surface area contributed by atoms with Crippen LogP contribution in [0.4, 0.5) is 0 Å². The molecule has 0 aliphatic carbocycles. The average molecular weight is 220 g/mol. The molecule has 0 aliphatic rings. The molecule has 1 heterocycles. The first kappa shape index (κ1) is 10.5. The molecule has 0 amide bonds. The maximum Gasteiger partial charge on any atom is 0.347 e. The van der Waals surface area contributed by atoms with Gasteiger partial charge in [0.2, 0.25) is 0 Å². The minimum absolute atomic E-state index is 0.00926. The molecule has 1 aromatic carbocycles. The second-order valence-electron chi connectivity index (χ2n) is 3.88. The van der Waals surface area contributed by atoms with E-state index < -0.39 is 5.63 Å². The van der Waals surface area contributed by atoms with E-state index in [-0.39, 0.29) is 16.9 Å². The first-order chi connectivity index (χ1) is 7.43. The second kappa shape index (κ2) is 3.27. The monoisotopic (exact) mass is 220 g/mol. The molecule has 2 aromatic rings. The van der Waals surface area contributed by atoms with Gasteiger partial charge in [0.1, 0.15) is 22.6 Å². The number of aryl methyl sites for hydroxylation is 2. The van der Waals surface area contributed by atoms with Crippen molar-refractivity contribution in [1.82, 2.24) is 0 Å². The first-order valence-electron chi connectivity index (χ1n) is 4.89. The molecule has 0 atom stereocenters. The SMILES string of the molecule is Cc1cc2c(C)c(O)c(C)c(O)c2c(=O)o1. The van der Waals surface area contributed by atoms with Crippen molar-refractivity contribution in [1.29, 1.82) is 0 Å². The van der Waals surface area contributed by atoms with Crippen LogP contribution < -0.4 is 5.63 Å². The second-order valence-corrected chi connectivity index (χ2v) is 3.88. The number of benzene rings is 1. The summed E-state index contributed by atoms with van der Waals surface area (Å²) in [7, 11) is 0. The third-order valence-electron chi connectivity index (χ3n) is 2.78. The number of phenolic OH excluding ortho intramolecular Hbond substituents is 2. The van der Waals surface area contributed by atoms with Crippen molar-refractivity contribution in [2.75, 3.05) is 0 Å². The van der Waals surface area contributed by atoms with Gasteiger partial charge < -0.3 is 14.6 Å². The van der Waals surface area contributed by atoms with Crippen LogP contribution in [-0.4, -0.2) is 10.2 Å². The largest absolute Gasteiger partial charge is 0.507 e. The Hall–Kier alpha value is -1.97. The van der Waals surface area contributed by atoms with Crippen LogP contribution in [0.5, 0.6) is 11.5 Å². The van der Waals surface area contributed by atoms with E-state index in [1.807, 2.05) is 0 Å². The molecule has 0 saturated carbocycles. The third-order valence-corrected chi connectivity index (χ3v) is 2.78. The van der Waals surface area contributed by atoms with E-state index in [1.54, 1.807) is 26.8 Å². The Morgan fingerprint density at radius 1 is 1.06 bits per heavy atom. The van der Waals surface area contributed by atoms with Gasteiger partial charge in [0.25, 0.3) is 0 Å². The minimum Gasteiger partial charge on any atom is -0.507 e. The molecule has 4 nitrogen and oxygen atoms in total. The van der Waals surface area contributed by atoms with Crippen LogP contribution >= 0.6 is 0 Å². The maximum atomic E-state index is 11.6. The van der Waals surface area contributed by atoms with Crippen molar-refractivity contribution >= 4 is 10.8 Å². The molecule has 0 bridgehead atoms. The normalized spacial score (nSPS) is 10.9. The number of aromatic hydroxyl groups is 2. The van der Waals surface area contributed by atoms with Crippen molar-refractivity contribution in [2.24, 2.45) is 0 Å². The van der Waals surface area contributed by atoms with Crippen LogP contribution in [0.1, 0.15) is 16.9 Å². The van der Waals surface area contributed by atoms with Crippen molar-refractivity contribution in [3.8, 4) is 11.5 Å². The highest BCUT2D eigenvalue weighted by Gasteiger charge is 2.16. The quantitative estimate of drug-likeness (QED) is 0.713. The Labute approximate surface area is 91.8 Å². The summed E-state index contributed by atoms with van der Waals surface area (Å²) in [5.41, 5.74) is 0.279.